The maximum absolute atomic E-state index is 12.2. The van der Waals surface area contributed by atoms with E-state index < -0.39 is 0 Å². The molecular weight excluding hydrogens is 288 g/mol. The van der Waals surface area contributed by atoms with Gasteiger partial charge in [-0.05, 0) is 43.7 Å². The molecule has 2 N–H and O–H groups in total. The number of hydrogen-bond donors (Lipinski definition) is 2. The number of hydrogen-bond acceptors (Lipinski definition) is 3. The van der Waals surface area contributed by atoms with Crippen LogP contribution in [0.15, 0.2) is 36.7 Å². The van der Waals surface area contributed by atoms with E-state index in [2.05, 4.69) is 15.7 Å². The van der Waals surface area contributed by atoms with Crippen LogP contribution in [-0.4, -0.2) is 34.8 Å². The predicted molar refractivity (Wildman–Crippen MR) is 81.9 cm³/mol. The Morgan fingerprint density at radius 1 is 1.38 bits per heavy atom. The van der Waals surface area contributed by atoms with Crippen LogP contribution in [0.3, 0.4) is 0 Å². The second-order valence-corrected chi connectivity index (χ2v) is 5.60. The Labute approximate surface area is 128 Å². The van der Waals surface area contributed by atoms with Crippen LogP contribution in [0.4, 0.5) is 0 Å². The van der Waals surface area contributed by atoms with E-state index >= 15 is 0 Å². The zero-order chi connectivity index (χ0) is 14.7. The average Bonchev–Trinajstić information content (AvgIpc) is 2.99. The third-order valence-electron chi connectivity index (χ3n) is 3.57. The van der Waals surface area contributed by atoms with E-state index in [1.165, 1.54) is 0 Å². The van der Waals surface area contributed by atoms with Crippen LogP contribution in [0, 0.1) is 0 Å². The molecule has 0 aliphatic carbocycles. The second kappa shape index (κ2) is 6.28. The van der Waals surface area contributed by atoms with Gasteiger partial charge < -0.3 is 10.6 Å². The highest BCUT2D eigenvalue weighted by Crippen LogP contribution is 2.13. The highest BCUT2D eigenvalue weighted by Gasteiger charge is 2.17. The molecule has 1 aromatic heterocycles. The van der Waals surface area contributed by atoms with E-state index in [4.69, 9.17) is 11.6 Å². The van der Waals surface area contributed by atoms with Crippen molar-refractivity contribution in [1.82, 2.24) is 20.4 Å². The smallest absolute Gasteiger partial charge is 0.254 e. The van der Waals surface area contributed by atoms with Crippen molar-refractivity contribution in [3.8, 4) is 5.69 Å². The van der Waals surface area contributed by atoms with E-state index in [9.17, 15) is 4.79 Å². The summed E-state index contributed by atoms with van der Waals surface area (Å²) < 4.78 is 1.67. The van der Waals surface area contributed by atoms with E-state index in [0.29, 0.717) is 10.6 Å². The summed E-state index contributed by atoms with van der Waals surface area (Å²) in [5.74, 6) is -0.0797. The summed E-state index contributed by atoms with van der Waals surface area (Å²) in [4.78, 5) is 12.2. The first-order valence-electron chi connectivity index (χ1n) is 7.04. The number of aromatic nitrogens is 2. The molecule has 6 heteroatoms. The number of nitrogens with zero attached hydrogens (tertiary/aromatic N) is 2. The number of halogens is 1. The first-order chi connectivity index (χ1) is 10.2. The zero-order valence-electron chi connectivity index (χ0n) is 11.6. The highest BCUT2D eigenvalue weighted by atomic mass is 35.5. The van der Waals surface area contributed by atoms with Crippen molar-refractivity contribution in [3.05, 3.63) is 47.2 Å². The molecule has 2 aromatic rings. The van der Waals surface area contributed by atoms with Crippen LogP contribution in [-0.2, 0) is 0 Å². The molecule has 1 aliphatic heterocycles. The standard InChI is InChI=1S/C15H17ClN4O/c16-12-3-5-14(6-4-12)20-10-11(8-18-20)15(21)19-13-2-1-7-17-9-13/h3-6,8,10,13,17H,1-2,7,9H2,(H,19,21). The third-order valence-corrected chi connectivity index (χ3v) is 3.82. The van der Waals surface area contributed by atoms with Gasteiger partial charge in [0, 0.05) is 23.8 Å². The molecule has 0 bridgehead atoms. The van der Waals surface area contributed by atoms with Crippen molar-refractivity contribution in [2.24, 2.45) is 0 Å². The first-order valence-corrected chi connectivity index (χ1v) is 7.42. The monoisotopic (exact) mass is 304 g/mol. The molecule has 1 unspecified atom stereocenters. The van der Waals surface area contributed by atoms with Crippen molar-refractivity contribution in [2.75, 3.05) is 13.1 Å². The predicted octanol–water partition coefficient (Wildman–Crippen LogP) is 2.01. The first kappa shape index (κ1) is 14.1. The van der Waals surface area contributed by atoms with E-state index in [-0.39, 0.29) is 11.9 Å². The topological polar surface area (TPSA) is 59.0 Å². The molecule has 1 amide bonds. The molecule has 1 aliphatic rings. The molecule has 0 spiro atoms. The van der Waals surface area contributed by atoms with Gasteiger partial charge in [0.05, 0.1) is 17.4 Å². The number of benzene rings is 1. The van der Waals surface area contributed by atoms with Gasteiger partial charge in [-0.1, -0.05) is 11.6 Å². The molecule has 1 atom stereocenters. The van der Waals surface area contributed by atoms with E-state index in [1.807, 2.05) is 12.1 Å². The van der Waals surface area contributed by atoms with Gasteiger partial charge in [0.1, 0.15) is 0 Å². The molecule has 0 saturated carbocycles. The van der Waals surface area contributed by atoms with Crippen molar-refractivity contribution in [1.29, 1.82) is 0 Å². The maximum atomic E-state index is 12.2. The Morgan fingerprint density at radius 3 is 2.90 bits per heavy atom. The lowest BCUT2D eigenvalue weighted by molar-refractivity contribution is 0.0930. The number of piperidine rings is 1. The second-order valence-electron chi connectivity index (χ2n) is 5.17. The van der Waals surface area contributed by atoms with Gasteiger partial charge in [0.15, 0.2) is 0 Å². The zero-order valence-corrected chi connectivity index (χ0v) is 12.3. The van der Waals surface area contributed by atoms with Crippen molar-refractivity contribution in [2.45, 2.75) is 18.9 Å². The third kappa shape index (κ3) is 3.43. The van der Waals surface area contributed by atoms with Crippen LogP contribution in [0.2, 0.25) is 5.02 Å². The van der Waals surface area contributed by atoms with Gasteiger partial charge in [0.25, 0.3) is 5.91 Å². The normalized spacial score (nSPS) is 18.4. The van der Waals surface area contributed by atoms with Crippen molar-refractivity contribution < 1.29 is 4.79 Å². The van der Waals surface area contributed by atoms with Gasteiger partial charge in [-0.15, -0.1) is 0 Å². The van der Waals surface area contributed by atoms with Gasteiger partial charge >= 0.3 is 0 Å². The Morgan fingerprint density at radius 2 is 2.19 bits per heavy atom. The van der Waals surface area contributed by atoms with Crippen LogP contribution < -0.4 is 10.6 Å². The fourth-order valence-electron chi connectivity index (χ4n) is 2.42. The van der Waals surface area contributed by atoms with Crippen LogP contribution in [0.25, 0.3) is 5.69 Å². The minimum absolute atomic E-state index is 0.0797. The molecule has 1 saturated heterocycles. The fourth-order valence-corrected chi connectivity index (χ4v) is 2.54. The Bertz CT molecular complexity index is 617. The molecule has 0 radical (unpaired) electrons. The summed E-state index contributed by atoms with van der Waals surface area (Å²) in [7, 11) is 0. The highest BCUT2D eigenvalue weighted by molar-refractivity contribution is 6.30. The minimum Gasteiger partial charge on any atom is -0.348 e. The SMILES string of the molecule is O=C(NC1CCCNC1)c1cnn(-c2ccc(Cl)cc2)c1. The number of nitrogens with one attached hydrogen (secondary N) is 2. The van der Waals surface area contributed by atoms with E-state index in [1.54, 1.807) is 29.2 Å². The van der Waals surface area contributed by atoms with E-state index in [0.717, 1.165) is 31.6 Å². The van der Waals surface area contributed by atoms with Crippen LogP contribution >= 0.6 is 11.6 Å². The lowest BCUT2D eigenvalue weighted by atomic mass is 10.1. The van der Waals surface area contributed by atoms with Gasteiger partial charge in [-0.3, -0.25) is 4.79 Å². The lowest BCUT2D eigenvalue weighted by Crippen LogP contribution is -2.45. The van der Waals surface area contributed by atoms with Gasteiger partial charge in [-0.25, -0.2) is 4.68 Å². The Balaban J connectivity index is 1.69. The summed E-state index contributed by atoms with van der Waals surface area (Å²) in [6, 6.07) is 7.52. The molecule has 5 nitrogen and oxygen atoms in total. The fraction of sp³-hybridized carbons (Fsp3) is 0.333. The summed E-state index contributed by atoms with van der Waals surface area (Å²) in [5.41, 5.74) is 1.44. The lowest BCUT2D eigenvalue weighted by Gasteiger charge is -2.23. The number of rotatable bonds is 3. The summed E-state index contributed by atoms with van der Waals surface area (Å²) in [6.45, 7) is 1.86. The van der Waals surface area contributed by atoms with Crippen LogP contribution in [0.1, 0.15) is 23.2 Å². The van der Waals surface area contributed by atoms with Gasteiger partial charge in [-0.2, -0.15) is 5.10 Å². The van der Waals surface area contributed by atoms with Gasteiger partial charge in [0.2, 0.25) is 0 Å². The summed E-state index contributed by atoms with van der Waals surface area (Å²) in [6.07, 6.45) is 5.42. The maximum Gasteiger partial charge on any atom is 0.254 e. The molecule has 21 heavy (non-hydrogen) atoms. The minimum atomic E-state index is -0.0797. The molecule has 110 valence electrons. The number of amides is 1. The molecule has 1 aromatic carbocycles. The Hall–Kier alpha value is -1.85. The summed E-state index contributed by atoms with van der Waals surface area (Å²) in [5, 5.41) is 11.2. The van der Waals surface area contributed by atoms with Crippen LogP contribution in [0.5, 0.6) is 0 Å². The number of carbonyl (C=O) groups is 1. The molecule has 1 fully saturated rings. The molecular formula is C15H17ClN4O. The van der Waals surface area contributed by atoms with Crippen molar-refractivity contribution in [3.63, 3.8) is 0 Å². The van der Waals surface area contributed by atoms with Crippen molar-refractivity contribution >= 4 is 17.5 Å². The average molecular weight is 305 g/mol. The molecule has 2 heterocycles. The summed E-state index contributed by atoms with van der Waals surface area (Å²) >= 11 is 5.86. The largest absolute Gasteiger partial charge is 0.348 e. The quantitative estimate of drug-likeness (QED) is 0.912. The molecule has 3 rings (SSSR count). The Kier molecular flexibility index (Phi) is 4.22. The number of carbonyl (C=O) groups excluding carboxylic acids is 1.